The van der Waals surface area contributed by atoms with E-state index in [1.165, 1.54) is 12.8 Å². The zero-order valence-electron chi connectivity index (χ0n) is 16.4. The normalized spacial score (nSPS) is 15.9. The van der Waals surface area contributed by atoms with Gasteiger partial charge in [-0.25, -0.2) is 9.59 Å². The SMILES string of the molecule is COc1cc(CC(NC(=O)OC(C)(C)C)C(=O)O)ccc1OC1CCCC1. The summed E-state index contributed by atoms with van der Waals surface area (Å²) in [5, 5.41) is 11.8. The van der Waals surface area contributed by atoms with Gasteiger partial charge in [0.25, 0.3) is 0 Å². The molecule has 0 aliphatic heterocycles. The van der Waals surface area contributed by atoms with Gasteiger partial charge >= 0.3 is 12.1 Å². The second-order valence-corrected chi connectivity index (χ2v) is 7.75. The summed E-state index contributed by atoms with van der Waals surface area (Å²) in [6.45, 7) is 5.16. The van der Waals surface area contributed by atoms with Crippen molar-refractivity contribution < 1.29 is 28.9 Å². The van der Waals surface area contributed by atoms with E-state index in [0.717, 1.165) is 12.8 Å². The number of carboxylic acid groups (broad SMARTS) is 1. The summed E-state index contributed by atoms with van der Waals surface area (Å²) in [4.78, 5) is 23.4. The molecule has 0 spiro atoms. The molecule has 0 bridgehead atoms. The van der Waals surface area contributed by atoms with E-state index in [4.69, 9.17) is 14.2 Å². The van der Waals surface area contributed by atoms with Crippen LogP contribution in [0.4, 0.5) is 4.79 Å². The minimum Gasteiger partial charge on any atom is -0.493 e. The molecular weight excluding hydrogens is 350 g/mol. The van der Waals surface area contributed by atoms with Crippen LogP contribution in [0.1, 0.15) is 52.0 Å². The molecule has 1 amide bonds. The maximum Gasteiger partial charge on any atom is 0.408 e. The molecule has 0 aromatic heterocycles. The Labute approximate surface area is 160 Å². The molecule has 2 rings (SSSR count). The second kappa shape index (κ2) is 8.97. The highest BCUT2D eigenvalue weighted by molar-refractivity contribution is 5.80. The molecule has 1 unspecified atom stereocenters. The minimum absolute atomic E-state index is 0.106. The van der Waals surface area contributed by atoms with Crippen LogP contribution in [0.15, 0.2) is 18.2 Å². The molecule has 0 heterocycles. The third-order valence-electron chi connectivity index (χ3n) is 4.25. The van der Waals surface area contributed by atoms with Crippen molar-refractivity contribution in [3.63, 3.8) is 0 Å². The van der Waals surface area contributed by atoms with Crippen molar-refractivity contribution in [1.29, 1.82) is 0 Å². The number of carboxylic acids is 1. The summed E-state index contributed by atoms with van der Waals surface area (Å²) in [7, 11) is 1.55. The highest BCUT2D eigenvalue weighted by Gasteiger charge is 2.25. The van der Waals surface area contributed by atoms with E-state index in [9.17, 15) is 14.7 Å². The van der Waals surface area contributed by atoms with Gasteiger partial charge < -0.3 is 24.6 Å². The number of aliphatic carboxylic acids is 1. The van der Waals surface area contributed by atoms with Crippen molar-refractivity contribution in [3.05, 3.63) is 23.8 Å². The first-order valence-electron chi connectivity index (χ1n) is 9.24. The highest BCUT2D eigenvalue weighted by Crippen LogP contribution is 2.32. The zero-order valence-corrected chi connectivity index (χ0v) is 16.4. The summed E-state index contributed by atoms with van der Waals surface area (Å²) < 4.78 is 16.5. The summed E-state index contributed by atoms with van der Waals surface area (Å²) in [5.74, 6) is 0.0760. The van der Waals surface area contributed by atoms with Crippen LogP contribution in [0.2, 0.25) is 0 Å². The molecule has 150 valence electrons. The van der Waals surface area contributed by atoms with Crippen LogP contribution in [0.5, 0.6) is 11.5 Å². The zero-order chi connectivity index (χ0) is 20.0. The first kappa shape index (κ1) is 20.9. The van der Waals surface area contributed by atoms with Gasteiger partial charge in [-0.05, 0) is 64.2 Å². The molecule has 27 heavy (non-hydrogen) atoms. The lowest BCUT2D eigenvalue weighted by Gasteiger charge is -2.22. The van der Waals surface area contributed by atoms with Crippen LogP contribution in [0.3, 0.4) is 0 Å². The Morgan fingerprint density at radius 2 is 1.89 bits per heavy atom. The van der Waals surface area contributed by atoms with E-state index in [2.05, 4.69) is 5.32 Å². The number of carbonyl (C=O) groups is 2. The molecule has 1 aromatic rings. The molecule has 1 fully saturated rings. The molecule has 0 radical (unpaired) electrons. The lowest BCUT2D eigenvalue weighted by atomic mass is 10.1. The monoisotopic (exact) mass is 379 g/mol. The van der Waals surface area contributed by atoms with Crippen molar-refractivity contribution in [2.75, 3.05) is 7.11 Å². The van der Waals surface area contributed by atoms with Gasteiger partial charge in [0.1, 0.15) is 11.6 Å². The fraction of sp³-hybridized carbons (Fsp3) is 0.600. The number of methoxy groups -OCH3 is 1. The quantitative estimate of drug-likeness (QED) is 0.753. The molecule has 7 heteroatoms. The van der Waals surface area contributed by atoms with Crippen molar-refractivity contribution in [3.8, 4) is 11.5 Å². The van der Waals surface area contributed by atoms with Crippen molar-refractivity contribution in [2.45, 2.75) is 70.6 Å². The summed E-state index contributed by atoms with van der Waals surface area (Å²) >= 11 is 0. The Kier molecular flexibility index (Phi) is 6.93. The summed E-state index contributed by atoms with van der Waals surface area (Å²) in [6, 6.07) is 4.22. The second-order valence-electron chi connectivity index (χ2n) is 7.75. The van der Waals surface area contributed by atoms with Crippen LogP contribution in [-0.4, -0.2) is 42.0 Å². The van der Waals surface area contributed by atoms with E-state index >= 15 is 0 Å². The predicted molar refractivity (Wildman–Crippen MR) is 100 cm³/mol. The minimum atomic E-state index is -1.13. The molecule has 1 aliphatic carbocycles. The smallest absolute Gasteiger partial charge is 0.408 e. The van der Waals surface area contributed by atoms with Crippen molar-refractivity contribution in [1.82, 2.24) is 5.32 Å². The molecule has 1 aromatic carbocycles. The van der Waals surface area contributed by atoms with Gasteiger partial charge in [-0.2, -0.15) is 0 Å². The summed E-state index contributed by atoms with van der Waals surface area (Å²) in [6.07, 6.45) is 3.95. The topological polar surface area (TPSA) is 94.1 Å². The molecule has 0 saturated heterocycles. The Morgan fingerprint density at radius 3 is 2.44 bits per heavy atom. The number of hydrogen-bond donors (Lipinski definition) is 2. The fourth-order valence-corrected chi connectivity index (χ4v) is 3.01. The Morgan fingerprint density at radius 1 is 1.22 bits per heavy atom. The number of amides is 1. The molecule has 1 atom stereocenters. The first-order valence-corrected chi connectivity index (χ1v) is 9.24. The van der Waals surface area contributed by atoms with E-state index in [1.54, 1.807) is 46.1 Å². The van der Waals surface area contributed by atoms with Gasteiger partial charge in [-0.1, -0.05) is 6.07 Å². The van der Waals surface area contributed by atoms with E-state index in [0.29, 0.717) is 17.1 Å². The van der Waals surface area contributed by atoms with Gasteiger partial charge in [-0.15, -0.1) is 0 Å². The lowest BCUT2D eigenvalue weighted by molar-refractivity contribution is -0.139. The number of alkyl carbamates (subject to hydrolysis) is 1. The maximum atomic E-state index is 11.9. The number of hydrogen-bond acceptors (Lipinski definition) is 5. The predicted octanol–water partition coefficient (Wildman–Crippen LogP) is 3.54. The Bertz CT molecular complexity index is 661. The van der Waals surface area contributed by atoms with E-state index in [-0.39, 0.29) is 12.5 Å². The van der Waals surface area contributed by atoms with Crippen molar-refractivity contribution in [2.24, 2.45) is 0 Å². The summed E-state index contributed by atoms with van der Waals surface area (Å²) in [5.41, 5.74) is 0.0179. The number of carbonyl (C=O) groups excluding carboxylic acids is 1. The van der Waals surface area contributed by atoms with Crippen LogP contribution in [0, 0.1) is 0 Å². The number of rotatable bonds is 7. The van der Waals surface area contributed by atoms with Crippen LogP contribution in [-0.2, 0) is 16.0 Å². The highest BCUT2D eigenvalue weighted by atomic mass is 16.6. The molecule has 2 N–H and O–H groups in total. The third kappa shape index (κ3) is 6.66. The van der Waals surface area contributed by atoms with Gasteiger partial charge in [0.05, 0.1) is 13.2 Å². The average Bonchev–Trinajstić information content (AvgIpc) is 3.06. The largest absolute Gasteiger partial charge is 0.493 e. The lowest BCUT2D eigenvalue weighted by Crippen LogP contribution is -2.44. The first-order chi connectivity index (χ1) is 12.7. The van der Waals surface area contributed by atoms with Crippen LogP contribution >= 0.6 is 0 Å². The van der Waals surface area contributed by atoms with Crippen molar-refractivity contribution >= 4 is 12.1 Å². The van der Waals surface area contributed by atoms with Crippen LogP contribution in [0.25, 0.3) is 0 Å². The molecule has 1 aliphatic rings. The Hall–Kier alpha value is -2.44. The average molecular weight is 379 g/mol. The number of nitrogens with one attached hydrogen (secondary N) is 1. The van der Waals surface area contributed by atoms with Gasteiger partial charge in [0.2, 0.25) is 0 Å². The van der Waals surface area contributed by atoms with Gasteiger partial charge in [0.15, 0.2) is 11.5 Å². The van der Waals surface area contributed by atoms with Gasteiger partial charge in [0, 0.05) is 6.42 Å². The fourth-order valence-electron chi connectivity index (χ4n) is 3.01. The molecular formula is C20H29NO6. The Balaban J connectivity index is 2.06. The number of ether oxygens (including phenoxy) is 3. The standard InChI is InChI=1S/C20H29NO6/c1-20(2,3)27-19(24)21-15(18(22)23)11-13-9-10-16(17(12-13)25-4)26-14-7-5-6-8-14/h9-10,12,14-15H,5-8,11H2,1-4H3,(H,21,24)(H,22,23). The molecule has 1 saturated carbocycles. The third-order valence-corrected chi connectivity index (χ3v) is 4.25. The maximum absolute atomic E-state index is 11.9. The number of benzene rings is 1. The van der Waals surface area contributed by atoms with E-state index in [1.807, 2.05) is 0 Å². The van der Waals surface area contributed by atoms with Crippen LogP contribution < -0.4 is 14.8 Å². The van der Waals surface area contributed by atoms with E-state index < -0.39 is 23.7 Å². The molecule has 7 nitrogen and oxygen atoms in total. The van der Waals surface area contributed by atoms with Gasteiger partial charge in [-0.3, -0.25) is 0 Å².